The van der Waals surface area contributed by atoms with Crippen molar-refractivity contribution in [2.45, 2.75) is 13.8 Å². The van der Waals surface area contributed by atoms with Gasteiger partial charge in [-0.3, -0.25) is 38.7 Å². The van der Waals surface area contributed by atoms with Gasteiger partial charge in [0.2, 0.25) is 0 Å². The minimum Gasteiger partial charge on any atom is -0.468 e. The van der Waals surface area contributed by atoms with Crippen molar-refractivity contribution >= 4 is 29.7 Å². The molecule has 0 saturated heterocycles. The van der Waals surface area contributed by atoms with Crippen LogP contribution < -0.4 is 0 Å². The Balaban J connectivity index is 5.16. The van der Waals surface area contributed by atoms with Gasteiger partial charge >= 0.3 is 23.9 Å². The van der Waals surface area contributed by atoms with E-state index in [-0.39, 0.29) is 51.7 Å². The predicted molar refractivity (Wildman–Crippen MR) is 113 cm³/mol. The van der Waals surface area contributed by atoms with Crippen molar-refractivity contribution in [1.82, 2.24) is 14.7 Å². The van der Waals surface area contributed by atoms with E-state index in [0.29, 0.717) is 19.6 Å². The second-order valence-electron chi connectivity index (χ2n) is 6.93. The summed E-state index contributed by atoms with van der Waals surface area (Å²) in [6, 6.07) is 0. The number of rotatable bonds is 17. The van der Waals surface area contributed by atoms with Gasteiger partial charge in [-0.2, -0.15) is 0 Å². The van der Waals surface area contributed by atoms with Gasteiger partial charge in [-0.1, -0.05) is 0 Å². The molecule has 0 N–H and O–H groups in total. The number of ether oxygens (including phenoxy) is 4. The average Bonchev–Trinajstić information content (AvgIpc) is 2.74. The van der Waals surface area contributed by atoms with Crippen LogP contribution in [0.5, 0.6) is 0 Å². The molecule has 0 saturated carbocycles. The molecule has 12 heteroatoms. The minimum absolute atomic E-state index is 0.0475. The molecule has 0 aromatic carbocycles. The summed E-state index contributed by atoms with van der Waals surface area (Å²) >= 11 is 0. The molecular formula is C20H35N3O9. The second-order valence-corrected chi connectivity index (χ2v) is 6.93. The van der Waals surface area contributed by atoms with E-state index in [1.54, 1.807) is 21.6 Å². The highest BCUT2D eigenvalue weighted by Gasteiger charge is 2.20. The number of methoxy groups -OCH3 is 3. The molecule has 0 fully saturated rings. The lowest BCUT2D eigenvalue weighted by Crippen LogP contribution is -2.45. The maximum atomic E-state index is 11.9. The van der Waals surface area contributed by atoms with Crippen LogP contribution in [0, 0.1) is 0 Å². The summed E-state index contributed by atoms with van der Waals surface area (Å²) in [5, 5.41) is 0. The van der Waals surface area contributed by atoms with Crippen LogP contribution in [0.4, 0.5) is 0 Å². The number of carbonyl (C=O) groups is 5. The van der Waals surface area contributed by atoms with Gasteiger partial charge in [0.05, 0.1) is 60.7 Å². The summed E-state index contributed by atoms with van der Waals surface area (Å²) in [5.74, 6) is -2.07. The van der Waals surface area contributed by atoms with Crippen molar-refractivity contribution in [2.75, 3.05) is 86.8 Å². The van der Waals surface area contributed by atoms with Crippen LogP contribution in [0.2, 0.25) is 0 Å². The van der Waals surface area contributed by atoms with Crippen LogP contribution in [-0.2, 0) is 42.9 Å². The normalized spacial score (nSPS) is 10.9. The molecule has 0 spiro atoms. The lowest BCUT2D eigenvalue weighted by Gasteiger charge is -2.28. The number of nitrogens with zero attached hydrogens (tertiary/aromatic N) is 3. The zero-order valence-electron chi connectivity index (χ0n) is 19.6. The molecule has 184 valence electrons. The number of hydrogen-bond acceptors (Lipinski definition) is 12. The molecule has 0 heterocycles. The minimum atomic E-state index is -0.514. The van der Waals surface area contributed by atoms with Crippen LogP contribution in [0.3, 0.4) is 0 Å². The number of esters is 4. The zero-order valence-corrected chi connectivity index (χ0v) is 19.6. The molecule has 0 unspecified atom stereocenters. The van der Waals surface area contributed by atoms with Crippen molar-refractivity contribution in [3.8, 4) is 0 Å². The molecule has 0 rings (SSSR count). The van der Waals surface area contributed by atoms with Crippen molar-refractivity contribution in [1.29, 1.82) is 0 Å². The third-order valence-electron chi connectivity index (χ3n) is 4.31. The first kappa shape index (κ1) is 29.4. The van der Waals surface area contributed by atoms with Crippen LogP contribution >= 0.6 is 0 Å². The molecule has 0 aliphatic heterocycles. The quantitative estimate of drug-likeness (QED) is 0.186. The van der Waals surface area contributed by atoms with Gasteiger partial charge < -0.3 is 18.9 Å². The molecule has 0 radical (unpaired) electrons. The van der Waals surface area contributed by atoms with Gasteiger partial charge in [0, 0.05) is 26.2 Å². The molecule has 0 atom stereocenters. The summed E-state index contributed by atoms with van der Waals surface area (Å²) < 4.78 is 19.0. The Bertz CT molecular complexity index is 627. The van der Waals surface area contributed by atoms with Crippen molar-refractivity contribution < 1.29 is 42.9 Å². The Labute approximate surface area is 188 Å². The lowest BCUT2D eigenvalue weighted by atomic mass is 10.3. The SMILES string of the molecule is CCOC(=O)CN(CCN(CCN(CC(C)=O)CC(=O)OC)CC(=O)OC)CC(=O)OC. The number of ketones is 1. The van der Waals surface area contributed by atoms with Gasteiger partial charge in [-0.15, -0.1) is 0 Å². The fourth-order valence-electron chi connectivity index (χ4n) is 2.71. The highest BCUT2D eigenvalue weighted by atomic mass is 16.5. The van der Waals surface area contributed by atoms with Crippen LogP contribution in [0.15, 0.2) is 0 Å². The van der Waals surface area contributed by atoms with Crippen LogP contribution in [0.1, 0.15) is 13.8 Å². The van der Waals surface area contributed by atoms with E-state index in [2.05, 4.69) is 9.47 Å². The van der Waals surface area contributed by atoms with Gasteiger partial charge in [-0.05, 0) is 13.8 Å². The summed E-state index contributed by atoms with van der Waals surface area (Å²) in [6.45, 7) is 4.20. The molecule has 12 nitrogen and oxygen atoms in total. The largest absolute Gasteiger partial charge is 0.468 e. The number of carbonyl (C=O) groups excluding carboxylic acids is 5. The summed E-state index contributed by atoms with van der Waals surface area (Å²) in [5.41, 5.74) is 0. The van der Waals surface area contributed by atoms with E-state index >= 15 is 0 Å². The van der Waals surface area contributed by atoms with E-state index in [9.17, 15) is 24.0 Å². The Morgan fingerprint density at radius 2 is 0.906 bits per heavy atom. The van der Waals surface area contributed by atoms with E-state index in [0.717, 1.165) is 0 Å². The molecule has 0 aliphatic carbocycles. The zero-order chi connectivity index (χ0) is 24.5. The van der Waals surface area contributed by atoms with Crippen molar-refractivity contribution in [2.24, 2.45) is 0 Å². The van der Waals surface area contributed by atoms with Gasteiger partial charge in [0.25, 0.3) is 0 Å². The molecule has 0 aromatic rings. The fourth-order valence-corrected chi connectivity index (χ4v) is 2.71. The van der Waals surface area contributed by atoms with Gasteiger partial charge in [0.15, 0.2) is 0 Å². The van der Waals surface area contributed by atoms with Crippen LogP contribution in [0.25, 0.3) is 0 Å². The van der Waals surface area contributed by atoms with E-state index in [4.69, 9.17) is 9.47 Å². The Morgan fingerprint density at radius 3 is 1.28 bits per heavy atom. The Kier molecular flexibility index (Phi) is 15.7. The molecule has 0 aliphatic rings. The lowest BCUT2D eigenvalue weighted by molar-refractivity contribution is -0.148. The first-order valence-corrected chi connectivity index (χ1v) is 10.2. The van der Waals surface area contributed by atoms with E-state index < -0.39 is 23.9 Å². The maximum absolute atomic E-state index is 11.9. The highest BCUT2D eigenvalue weighted by molar-refractivity contribution is 5.79. The van der Waals surface area contributed by atoms with E-state index in [1.165, 1.54) is 28.3 Å². The Hall–Kier alpha value is -2.57. The van der Waals surface area contributed by atoms with Crippen molar-refractivity contribution in [3.05, 3.63) is 0 Å². The molecule has 32 heavy (non-hydrogen) atoms. The third-order valence-corrected chi connectivity index (χ3v) is 4.31. The molecule has 0 amide bonds. The van der Waals surface area contributed by atoms with Gasteiger partial charge in [0.1, 0.15) is 5.78 Å². The third kappa shape index (κ3) is 14.4. The van der Waals surface area contributed by atoms with Gasteiger partial charge in [-0.25, -0.2) is 0 Å². The predicted octanol–water partition coefficient (Wildman–Crippen LogP) is -1.44. The Morgan fingerprint density at radius 1 is 0.562 bits per heavy atom. The maximum Gasteiger partial charge on any atom is 0.320 e. The first-order valence-electron chi connectivity index (χ1n) is 10.2. The molecule has 0 bridgehead atoms. The van der Waals surface area contributed by atoms with Crippen LogP contribution in [-0.4, -0.2) is 131 Å². The average molecular weight is 462 g/mol. The number of Topliss-reactive ketones (excluding diaryl/α,β-unsaturated/α-hetero) is 1. The molecule has 0 aromatic heterocycles. The number of hydrogen-bond donors (Lipinski definition) is 0. The standard InChI is InChI=1S/C20H35N3O9/c1-6-32-20(28)15-23(14-19(27)31-5)10-8-21(12-17(25)29-3)7-9-22(11-16(2)24)13-18(26)30-4/h6-15H2,1-5H3. The summed E-state index contributed by atoms with van der Waals surface area (Å²) in [6.07, 6.45) is 0. The molecular weight excluding hydrogens is 426 g/mol. The van der Waals surface area contributed by atoms with E-state index in [1.807, 2.05) is 0 Å². The monoisotopic (exact) mass is 461 g/mol. The highest BCUT2D eigenvalue weighted by Crippen LogP contribution is 1.99. The topological polar surface area (TPSA) is 132 Å². The summed E-state index contributed by atoms with van der Waals surface area (Å²) in [7, 11) is 3.78. The van der Waals surface area contributed by atoms with Crippen molar-refractivity contribution in [3.63, 3.8) is 0 Å². The fraction of sp³-hybridized carbons (Fsp3) is 0.750. The second kappa shape index (κ2) is 17.0. The smallest absolute Gasteiger partial charge is 0.320 e. The first-order chi connectivity index (χ1) is 15.1. The summed E-state index contributed by atoms with van der Waals surface area (Å²) in [4.78, 5) is 63.4.